The molecule has 4 nitrogen and oxygen atoms in total. The second kappa shape index (κ2) is 6.62. The van der Waals surface area contributed by atoms with E-state index in [-0.39, 0.29) is 0 Å². The molecular formula is C11H10ClN3O. The van der Waals surface area contributed by atoms with Crippen molar-refractivity contribution < 1.29 is 4.74 Å². The lowest BCUT2D eigenvalue weighted by Crippen LogP contribution is -1.85. The first kappa shape index (κ1) is 12.3. The van der Waals surface area contributed by atoms with Gasteiger partial charge in [0.25, 0.3) is 0 Å². The fraction of sp³-hybridized carbons (Fsp3) is 0.273. The van der Waals surface area contributed by atoms with Gasteiger partial charge in [-0.3, -0.25) is 0 Å². The monoisotopic (exact) mass is 235 g/mol. The van der Waals surface area contributed by atoms with E-state index in [9.17, 15) is 0 Å². The van der Waals surface area contributed by atoms with E-state index in [1.165, 1.54) is 0 Å². The van der Waals surface area contributed by atoms with Crippen LogP contribution in [0.15, 0.2) is 23.3 Å². The number of azide groups is 1. The maximum absolute atomic E-state index is 8.06. The summed E-state index contributed by atoms with van der Waals surface area (Å²) in [4.78, 5) is 2.64. The Kier molecular flexibility index (Phi) is 5.07. The van der Waals surface area contributed by atoms with E-state index in [2.05, 4.69) is 21.9 Å². The van der Waals surface area contributed by atoms with E-state index in [0.29, 0.717) is 23.7 Å². The van der Waals surface area contributed by atoms with Crippen molar-refractivity contribution in [2.24, 2.45) is 5.11 Å². The summed E-state index contributed by atoms with van der Waals surface area (Å²) in [5.74, 6) is 6.43. The van der Waals surface area contributed by atoms with Crippen LogP contribution < -0.4 is 4.74 Å². The standard InChI is InChI=1S/C11H10ClN3O/c1-16-11-8-9(5-6-10(11)12)4-2-3-7-14-15-13/h5-6,8H,3,7H2,1H3. The van der Waals surface area contributed by atoms with Crippen LogP contribution in [0.1, 0.15) is 12.0 Å². The Morgan fingerprint density at radius 1 is 1.56 bits per heavy atom. The van der Waals surface area contributed by atoms with Crippen molar-refractivity contribution in [2.75, 3.05) is 13.7 Å². The van der Waals surface area contributed by atoms with Gasteiger partial charge in [-0.1, -0.05) is 28.6 Å². The molecule has 0 aliphatic heterocycles. The van der Waals surface area contributed by atoms with Crippen molar-refractivity contribution in [1.82, 2.24) is 0 Å². The molecule has 0 aliphatic rings. The number of benzene rings is 1. The quantitative estimate of drug-likeness (QED) is 0.260. The molecule has 0 aromatic heterocycles. The normalized spacial score (nSPS) is 8.62. The van der Waals surface area contributed by atoms with E-state index in [1.54, 1.807) is 19.2 Å². The molecule has 0 heterocycles. The Morgan fingerprint density at radius 3 is 3.06 bits per heavy atom. The zero-order valence-electron chi connectivity index (χ0n) is 8.77. The minimum Gasteiger partial charge on any atom is -0.495 e. The topological polar surface area (TPSA) is 58.0 Å². The van der Waals surface area contributed by atoms with Gasteiger partial charge in [0.05, 0.1) is 12.1 Å². The van der Waals surface area contributed by atoms with Crippen molar-refractivity contribution in [1.29, 1.82) is 0 Å². The Balaban J connectivity index is 2.70. The van der Waals surface area contributed by atoms with Gasteiger partial charge in [0.1, 0.15) is 5.75 Å². The molecule has 1 aromatic rings. The predicted molar refractivity (Wildman–Crippen MR) is 63.5 cm³/mol. The maximum Gasteiger partial charge on any atom is 0.138 e. The summed E-state index contributed by atoms with van der Waals surface area (Å²) >= 11 is 5.87. The summed E-state index contributed by atoms with van der Waals surface area (Å²) < 4.78 is 5.06. The van der Waals surface area contributed by atoms with E-state index < -0.39 is 0 Å². The van der Waals surface area contributed by atoms with Crippen LogP contribution in [-0.2, 0) is 0 Å². The SMILES string of the molecule is COc1cc(C#CCCN=[N+]=[N-])ccc1Cl. The largest absolute Gasteiger partial charge is 0.495 e. The summed E-state index contributed by atoms with van der Waals surface area (Å²) in [6.07, 6.45) is 0.537. The second-order valence-electron chi connectivity index (χ2n) is 2.86. The third-order valence-corrected chi connectivity index (χ3v) is 2.10. The Bertz CT molecular complexity index is 470. The number of methoxy groups -OCH3 is 1. The molecule has 16 heavy (non-hydrogen) atoms. The molecule has 0 spiro atoms. The van der Waals surface area contributed by atoms with Gasteiger partial charge in [-0.2, -0.15) is 0 Å². The first-order chi connectivity index (χ1) is 7.77. The number of hydrogen-bond donors (Lipinski definition) is 0. The highest BCUT2D eigenvalue weighted by Crippen LogP contribution is 2.24. The minimum absolute atomic E-state index is 0.383. The average Bonchev–Trinajstić information content (AvgIpc) is 2.31. The van der Waals surface area contributed by atoms with Gasteiger partial charge < -0.3 is 4.74 Å². The number of hydrogen-bond acceptors (Lipinski definition) is 2. The molecule has 0 bridgehead atoms. The zero-order valence-corrected chi connectivity index (χ0v) is 9.53. The number of nitrogens with zero attached hydrogens (tertiary/aromatic N) is 3. The fourth-order valence-corrected chi connectivity index (χ4v) is 1.25. The van der Waals surface area contributed by atoms with Gasteiger partial charge in [-0.25, -0.2) is 0 Å². The van der Waals surface area contributed by atoms with E-state index >= 15 is 0 Å². The molecule has 0 saturated heterocycles. The summed E-state index contributed by atoms with van der Waals surface area (Å²) in [5.41, 5.74) is 8.88. The summed E-state index contributed by atoms with van der Waals surface area (Å²) in [5, 5.41) is 3.94. The highest BCUT2D eigenvalue weighted by atomic mass is 35.5. The van der Waals surface area contributed by atoms with Crippen LogP contribution in [0.3, 0.4) is 0 Å². The average molecular weight is 236 g/mol. The van der Waals surface area contributed by atoms with Crippen LogP contribution in [0.25, 0.3) is 10.4 Å². The third kappa shape index (κ3) is 3.74. The van der Waals surface area contributed by atoms with Crippen LogP contribution in [-0.4, -0.2) is 13.7 Å². The van der Waals surface area contributed by atoms with Crippen LogP contribution in [0.4, 0.5) is 0 Å². The van der Waals surface area contributed by atoms with Crippen molar-refractivity contribution in [3.05, 3.63) is 39.2 Å². The lowest BCUT2D eigenvalue weighted by molar-refractivity contribution is 0.415. The molecule has 82 valence electrons. The molecule has 0 saturated carbocycles. The first-order valence-corrected chi connectivity index (χ1v) is 4.99. The molecule has 0 radical (unpaired) electrons. The van der Waals surface area contributed by atoms with Crippen molar-refractivity contribution >= 4 is 11.6 Å². The molecule has 0 amide bonds. The third-order valence-electron chi connectivity index (χ3n) is 1.78. The molecule has 0 fully saturated rings. The number of halogens is 1. The summed E-state index contributed by atoms with van der Waals surface area (Å²) in [6.45, 7) is 0.383. The predicted octanol–water partition coefficient (Wildman–Crippen LogP) is 3.40. The van der Waals surface area contributed by atoms with Gasteiger partial charge in [0.2, 0.25) is 0 Å². The number of rotatable bonds is 3. The molecule has 1 rings (SSSR count). The molecule has 0 unspecified atom stereocenters. The molecule has 5 heteroatoms. The van der Waals surface area contributed by atoms with E-state index in [4.69, 9.17) is 21.9 Å². The highest BCUT2D eigenvalue weighted by molar-refractivity contribution is 6.32. The summed E-state index contributed by atoms with van der Waals surface area (Å²) in [7, 11) is 1.56. The maximum atomic E-state index is 8.06. The van der Waals surface area contributed by atoms with Crippen molar-refractivity contribution in [3.8, 4) is 17.6 Å². The highest BCUT2D eigenvalue weighted by Gasteiger charge is 1.99. The lowest BCUT2D eigenvalue weighted by Gasteiger charge is -2.01. The Hall–Kier alpha value is -1.82. The van der Waals surface area contributed by atoms with Crippen LogP contribution in [0.5, 0.6) is 5.75 Å². The van der Waals surface area contributed by atoms with Crippen molar-refractivity contribution in [3.63, 3.8) is 0 Å². The summed E-state index contributed by atoms with van der Waals surface area (Å²) in [6, 6.07) is 5.31. The van der Waals surface area contributed by atoms with E-state index in [0.717, 1.165) is 5.56 Å². The molecule has 0 atom stereocenters. The molecular weight excluding hydrogens is 226 g/mol. The van der Waals surface area contributed by atoms with Gasteiger partial charge in [-0.05, 0) is 23.7 Å². The Labute approximate surface area is 98.8 Å². The zero-order chi connectivity index (χ0) is 11.8. The molecule has 1 aromatic carbocycles. The second-order valence-corrected chi connectivity index (χ2v) is 3.26. The Morgan fingerprint density at radius 2 is 2.38 bits per heavy atom. The van der Waals surface area contributed by atoms with Gasteiger partial charge in [-0.15, -0.1) is 0 Å². The van der Waals surface area contributed by atoms with Gasteiger partial charge in [0, 0.05) is 23.4 Å². The number of ether oxygens (including phenoxy) is 1. The van der Waals surface area contributed by atoms with Crippen LogP contribution in [0, 0.1) is 11.8 Å². The first-order valence-electron chi connectivity index (χ1n) is 4.61. The lowest BCUT2D eigenvalue weighted by atomic mass is 10.2. The van der Waals surface area contributed by atoms with Gasteiger partial charge in [0.15, 0.2) is 0 Å². The van der Waals surface area contributed by atoms with Crippen LogP contribution >= 0.6 is 11.6 Å². The van der Waals surface area contributed by atoms with E-state index in [1.807, 2.05) is 6.07 Å². The smallest absolute Gasteiger partial charge is 0.138 e. The van der Waals surface area contributed by atoms with Gasteiger partial charge >= 0.3 is 0 Å². The van der Waals surface area contributed by atoms with Crippen molar-refractivity contribution in [2.45, 2.75) is 6.42 Å². The van der Waals surface area contributed by atoms with Crippen LogP contribution in [0.2, 0.25) is 5.02 Å². The minimum atomic E-state index is 0.383. The fourth-order valence-electron chi connectivity index (χ4n) is 1.05. The molecule has 0 N–H and O–H groups in total. The molecule has 0 aliphatic carbocycles.